The number of nitrogens with zero attached hydrogens (tertiary/aromatic N) is 1. The Labute approximate surface area is 187 Å². The molecule has 2 aromatic carbocycles. The van der Waals surface area contributed by atoms with Crippen LogP contribution in [0, 0.1) is 11.3 Å². The van der Waals surface area contributed by atoms with Gasteiger partial charge >= 0.3 is 12.3 Å². The summed E-state index contributed by atoms with van der Waals surface area (Å²) < 4.78 is 71.7. The second-order valence-electron chi connectivity index (χ2n) is 6.44. The average molecular weight is 485 g/mol. The number of carbonyl (C=O) groups excluding carboxylic acids is 2. The molecular weight excluding hydrogens is 467 g/mol. The van der Waals surface area contributed by atoms with Crippen LogP contribution in [0.5, 0.6) is 5.75 Å². The molecule has 0 spiro atoms. The normalized spacial score (nSPS) is 12.3. The summed E-state index contributed by atoms with van der Waals surface area (Å²) in [6.07, 6.45) is -6.11. The van der Waals surface area contributed by atoms with Crippen LogP contribution >= 0.6 is 0 Å². The van der Waals surface area contributed by atoms with Gasteiger partial charge in [0.25, 0.3) is 5.91 Å². The lowest BCUT2D eigenvalue weighted by atomic mass is 10.2. The molecule has 1 atom stereocenters. The number of hydrogen-bond donors (Lipinski definition) is 2. The molecule has 0 aliphatic rings. The highest BCUT2D eigenvalue weighted by Gasteiger charge is 2.31. The molecule has 1 unspecified atom stereocenters. The van der Waals surface area contributed by atoms with Crippen molar-refractivity contribution in [1.29, 1.82) is 5.26 Å². The first kappa shape index (κ1) is 25.6. The predicted octanol–water partition coefficient (Wildman–Crippen LogP) is 2.96. The minimum absolute atomic E-state index is 0.00489. The standard InChI is InChI=1S/C20H18F3N3O6S/c1-13(18(27)26-15-5-7-16(8-6-15)32-20(21,22)23)31-19(28)14-3-9-17(10-4-14)33(29,30)25-12-2-11-24/h3-10,13,25H,2,12H2,1H3,(H,26,27). The number of anilines is 1. The predicted molar refractivity (Wildman–Crippen MR) is 108 cm³/mol. The zero-order valence-electron chi connectivity index (χ0n) is 17.0. The molecule has 33 heavy (non-hydrogen) atoms. The second kappa shape index (κ2) is 10.8. The molecule has 0 saturated heterocycles. The third-order valence-electron chi connectivity index (χ3n) is 3.94. The molecule has 0 radical (unpaired) electrons. The Morgan fingerprint density at radius 1 is 1.09 bits per heavy atom. The molecule has 13 heteroatoms. The third-order valence-corrected chi connectivity index (χ3v) is 5.41. The molecule has 2 rings (SSSR count). The molecule has 1 amide bonds. The summed E-state index contributed by atoms with van der Waals surface area (Å²) in [4.78, 5) is 24.3. The fourth-order valence-electron chi connectivity index (χ4n) is 2.36. The minimum atomic E-state index is -4.84. The molecule has 0 aromatic heterocycles. The molecule has 0 saturated carbocycles. The van der Waals surface area contributed by atoms with Gasteiger partial charge in [-0.15, -0.1) is 13.2 Å². The Morgan fingerprint density at radius 2 is 1.70 bits per heavy atom. The number of sulfonamides is 1. The number of halogens is 3. The number of carbonyl (C=O) groups is 2. The molecule has 0 fully saturated rings. The first-order chi connectivity index (χ1) is 15.4. The van der Waals surface area contributed by atoms with Crippen molar-refractivity contribution >= 4 is 27.6 Å². The van der Waals surface area contributed by atoms with Crippen LogP contribution < -0.4 is 14.8 Å². The molecule has 2 N–H and O–H groups in total. The van der Waals surface area contributed by atoms with Gasteiger partial charge in [-0.05, 0) is 55.5 Å². The number of rotatable bonds is 9. The van der Waals surface area contributed by atoms with Gasteiger partial charge in [0.2, 0.25) is 10.0 Å². The quantitative estimate of drug-likeness (QED) is 0.412. The summed E-state index contributed by atoms with van der Waals surface area (Å²) in [6.45, 7) is 1.22. The van der Waals surface area contributed by atoms with Gasteiger partial charge in [0.15, 0.2) is 6.10 Å². The summed E-state index contributed by atoms with van der Waals surface area (Å²) in [6, 6.07) is 10.9. The lowest BCUT2D eigenvalue weighted by Crippen LogP contribution is -2.30. The van der Waals surface area contributed by atoms with Crippen LogP contribution in [0.3, 0.4) is 0 Å². The minimum Gasteiger partial charge on any atom is -0.449 e. The molecule has 176 valence electrons. The highest BCUT2D eigenvalue weighted by Crippen LogP contribution is 2.24. The Kier molecular flexibility index (Phi) is 8.38. The van der Waals surface area contributed by atoms with E-state index in [1.807, 2.05) is 0 Å². The van der Waals surface area contributed by atoms with E-state index in [0.29, 0.717) is 0 Å². The van der Waals surface area contributed by atoms with Crippen molar-refractivity contribution in [3.8, 4) is 11.8 Å². The average Bonchev–Trinajstić information content (AvgIpc) is 2.74. The van der Waals surface area contributed by atoms with E-state index < -0.39 is 40.1 Å². The van der Waals surface area contributed by atoms with Gasteiger partial charge < -0.3 is 14.8 Å². The van der Waals surface area contributed by atoms with Gasteiger partial charge in [-0.3, -0.25) is 4.79 Å². The summed E-state index contributed by atoms with van der Waals surface area (Å²) in [7, 11) is -3.85. The maximum atomic E-state index is 12.2. The largest absolute Gasteiger partial charge is 0.573 e. The zero-order valence-corrected chi connectivity index (χ0v) is 17.9. The number of alkyl halides is 3. The molecule has 0 aliphatic heterocycles. The van der Waals surface area contributed by atoms with Gasteiger partial charge in [-0.2, -0.15) is 5.26 Å². The van der Waals surface area contributed by atoms with Crippen LogP contribution in [-0.2, 0) is 19.6 Å². The van der Waals surface area contributed by atoms with Crippen molar-refractivity contribution in [2.24, 2.45) is 0 Å². The van der Waals surface area contributed by atoms with E-state index >= 15 is 0 Å². The maximum Gasteiger partial charge on any atom is 0.573 e. The van der Waals surface area contributed by atoms with E-state index in [0.717, 1.165) is 12.1 Å². The summed E-state index contributed by atoms with van der Waals surface area (Å²) in [5.74, 6) is -2.10. The number of benzene rings is 2. The lowest BCUT2D eigenvalue weighted by molar-refractivity contribution is -0.274. The summed E-state index contributed by atoms with van der Waals surface area (Å²) in [5.41, 5.74) is 0.134. The SMILES string of the molecule is CC(OC(=O)c1ccc(S(=O)(=O)NCCC#N)cc1)C(=O)Nc1ccc(OC(F)(F)F)cc1. The van der Waals surface area contributed by atoms with E-state index in [2.05, 4.69) is 14.8 Å². The van der Waals surface area contributed by atoms with Crippen molar-refractivity contribution in [2.75, 3.05) is 11.9 Å². The molecule has 2 aromatic rings. The number of nitriles is 1. The van der Waals surface area contributed by atoms with Crippen LogP contribution in [0.25, 0.3) is 0 Å². The van der Waals surface area contributed by atoms with E-state index in [1.54, 1.807) is 6.07 Å². The van der Waals surface area contributed by atoms with E-state index in [9.17, 15) is 31.2 Å². The Hall–Kier alpha value is -3.63. The van der Waals surface area contributed by atoms with Crippen molar-refractivity contribution in [3.63, 3.8) is 0 Å². The van der Waals surface area contributed by atoms with Gasteiger partial charge in [0.05, 0.1) is 16.5 Å². The van der Waals surface area contributed by atoms with E-state index in [-0.39, 0.29) is 29.1 Å². The van der Waals surface area contributed by atoms with Crippen molar-refractivity contribution < 1.29 is 40.7 Å². The van der Waals surface area contributed by atoms with Crippen LogP contribution in [-0.4, -0.2) is 39.3 Å². The van der Waals surface area contributed by atoms with Crippen LogP contribution in [0.4, 0.5) is 18.9 Å². The third kappa shape index (κ3) is 8.09. The fourth-order valence-corrected chi connectivity index (χ4v) is 3.39. The number of amides is 1. The highest BCUT2D eigenvalue weighted by atomic mass is 32.2. The maximum absolute atomic E-state index is 12.2. The first-order valence-electron chi connectivity index (χ1n) is 9.25. The molecule has 0 aliphatic carbocycles. The topological polar surface area (TPSA) is 135 Å². The van der Waals surface area contributed by atoms with Gasteiger partial charge in [0.1, 0.15) is 5.75 Å². The van der Waals surface area contributed by atoms with Crippen LogP contribution in [0.15, 0.2) is 53.4 Å². The molecule has 0 heterocycles. The van der Waals surface area contributed by atoms with Crippen molar-refractivity contribution in [1.82, 2.24) is 4.72 Å². The van der Waals surface area contributed by atoms with Crippen molar-refractivity contribution in [2.45, 2.75) is 30.7 Å². The lowest BCUT2D eigenvalue weighted by Gasteiger charge is -2.14. The smallest absolute Gasteiger partial charge is 0.449 e. The Morgan fingerprint density at radius 3 is 2.24 bits per heavy atom. The Bertz CT molecular complexity index is 1130. The van der Waals surface area contributed by atoms with Crippen LogP contribution in [0.2, 0.25) is 0 Å². The first-order valence-corrected chi connectivity index (χ1v) is 10.7. The zero-order chi connectivity index (χ0) is 24.6. The number of nitrogens with one attached hydrogen (secondary N) is 2. The van der Waals surface area contributed by atoms with E-state index in [1.165, 1.54) is 43.3 Å². The van der Waals surface area contributed by atoms with Crippen LogP contribution in [0.1, 0.15) is 23.7 Å². The summed E-state index contributed by atoms with van der Waals surface area (Å²) in [5, 5.41) is 10.8. The summed E-state index contributed by atoms with van der Waals surface area (Å²) >= 11 is 0. The number of ether oxygens (including phenoxy) is 2. The van der Waals surface area contributed by atoms with E-state index in [4.69, 9.17) is 10.00 Å². The van der Waals surface area contributed by atoms with Crippen molar-refractivity contribution in [3.05, 3.63) is 54.1 Å². The Balaban J connectivity index is 1.94. The molecule has 9 nitrogen and oxygen atoms in total. The molecular formula is C20H18F3N3O6S. The second-order valence-corrected chi connectivity index (χ2v) is 8.21. The fraction of sp³-hybridized carbons (Fsp3) is 0.250. The number of esters is 1. The monoisotopic (exact) mass is 485 g/mol. The number of hydrogen-bond acceptors (Lipinski definition) is 7. The molecule has 0 bridgehead atoms. The van der Waals surface area contributed by atoms with Gasteiger partial charge in [-0.1, -0.05) is 0 Å². The van der Waals surface area contributed by atoms with Gasteiger partial charge in [0, 0.05) is 18.7 Å². The highest BCUT2D eigenvalue weighted by molar-refractivity contribution is 7.89. The van der Waals surface area contributed by atoms with Gasteiger partial charge in [-0.25, -0.2) is 17.9 Å².